The van der Waals surface area contributed by atoms with Crippen molar-refractivity contribution in [3.63, 3.8) is 0 Å². The van der Waals surface area contributed by atoms with E-state index in [1.165, 1.54) is 0 Å². The van der Waals surface area contributed by atoms with Crippen LogP contribution in [0.25, 0.3) is 5.65 Å². The van der Waals surface area contributed by atoms with E-state index in [-0.39, 0.29) is 0 Å². The third-order valence-electron chi connectivity index (χ3n) is 4.59. The average molecular weight is 351 g/mol. The zero-order chi connectivity index (χ0) is 18.3. The molecule has 0 spiro atoms. The van der Waals surface area contributed by atoms with Gasteiger partial charge in [0.2, 0.25) is 0 Å². The maximum atomic E-state index is 11.3. The Balaban J connectivity index is 1.76. The van der Waals surface area contributed by atoms with E-state index in [0.29, 0.717) is 29.2 Å². The number of imidazole rings is 1. The van der Waals surface area contributed by atoms with Crippen LogP contribution in [0.5, 0.6) is 5.75 Å². The van der Waals surface area contributed by atoms with E-state index in [0.717, 1.165) is 17.4 Å². The molecule has 2 aromatic heterocycles. The molecule has 3 aromatic rings. The number of amides is 1. The topological polar surface area (TPSA) is 95.9 Å². The minimum absolute atomic E-state index is 0.474. The van der Waals surface area contributed by atoms with Crippen molar-refractivity contribution in [2.45, 2.75) is 25.6 Å². The van der Waals surface area contributed by atoms with Gasteiger partial charge < -0.3 is 15.2 Å². The molecular weight excluding hydrogens is 334 g/mol. The van der Waals surface area contributed by atoms with Crippen LogP contribution in [0, 0.1) is 6.92 Å². The lowest BCUT2D eigenvalue weighted by Gasteiger charge is -2.21. The van der Waals surface area contributed by atoms with Crippen molar-refractivity contribution in [1.82, 2.24) is 9.38 Å². The van der Waals surface area contributed by atoms with E-state index in [1.807, 2.05) is 24.3 Å². The molecular formula is C19H17N3O4. The highest BCUT2D eigenvalue weighted by Gasteiger charge is 2.37. The number of carbonyl (C=O) groups is 2. The zero-order valence-corrected chi connectivity index (χ0v) is 14.1. The Morgan fingerprint density at radius 3 is 2.88 bits per heavy atom. The summed E-state index contributed by atoms with van der Waals surface area (Å²) in [4.78, 5) is 27.1. The smallest absolute Gasteiger partial charge is 0.404 e. The first-order chi connectivity index (χ1) is 12.6. The minimum Gasteiger partial charge on any atom is -0.478 e. The molecule has 0 radical (unpaired) electrons. The number of carbonyl (C=O) groups excluding carboxylic acids is 2. The molecule has 2 N–H and O–H groups in total. The van der Waals surface area contributed by atoms with E-state index in [1.54, 1.807) is 29.7 Å². The van der Waals surface area contributed by atoms with Gasteiger partial charge in [-0.25, -0.2) is 9.78 Å². The van der Waals surface area contributed by atoms with Gasteiger partial charge in [0.15, 0.2) is 23.8 Å². The van der Waals surface area contributed by atoms with Crippen LogP contribution >= 0.6 is 0 Å². The van der Waals surface area contributed by atoms with Crippen LogP contribution in [0.2, 0.25) is 0 Å². The van der Waals surface area contributed by atoms with E-state index in [2.05, 4.69) is 4.98 Å². The molecule has 1 amide bonds. The summed E-state index contributed by atoms with van der Waals surface area (Å²) in [5.41, 5.74) is 8.84. The van der Waals surface area contributed by atoms with Gasteiger partial charge in [-0.15, -0.1) is 0 Å². The number of aldehydes is 1. The predicted octanol–water partition coefficient (Wildman–Crippen LogP) is 2.60. The Kier molecular flexibility index (Phi) is 3.84. The lowest BCUT2D eigenvalue weighted by molar-refractivity contribution is 0.0310. The molecule has 0 unspecified atom stereocenters. The number of benzene rings is 1. The monoisotopic (exact) mass is 351 g/mol. The molecule has 7 heteroatoms. The lowest BCUT2D eigenvalue weighted by atomic mass is 10.1. The second-order valence-corrected chi connectivity index (χ2v) is 6.18. The maximum Gasteiger partial charge on any atom is 0.404 e. The van der Waals surface area contributed by atoms with E-state index in [4.69, 9.17) is 15.2 Å². The molecule has 26 heavy (non-hydrogen) atoms. The van der Waals surface area contributed by atoms with E-state index < -0.39 is 18.3 Å². The number of primary amides is 1. The van der Waals surface area contributed by atoms with Crippen LogP contribution in [0.4, 0.5) is 4.79 Å². The first kappa shape index (κ1) is 16.1. The molecule has 1 aromatic carbocycles. The molecule has 0 saturated carbocycles. The average Bonchev–Trinajstić information content (AvgIpc) is 3.12. The van der Waals surface area contributed by atoms with E-state index >= 15 is 0 Å². The van der Waals surface area contributed by atoms with Crippen LogP contribution in [0.1, 0.15) is 33.4 Å². The van der Waals surface area contributed by atoms with Crippen molar-refractivity contribution in [2.24, 2.45) is 5.73 Å². The summed E-state index contributed by atoms with van der Waals surface area (Å²) in [5.74, 6) is 0.503. The van der Waals surface area contributed by atoms with Gasteiger partial charge in [-0.3, -0.25) is 9.20 Å². The van der Waals surface area contributed by atoms with E-state index in [9.17, 15) is 9.59 Å². The third kappa shape index (κ3) is 2.57. The number of nitrogens with two attached hydrogens (primary N) is 1. The number of fused-ring (bicyclic) bond motifs is 2. The number of aryl methyl sites for hydroxylation is 1. The normalized spacial score (nSPS) is 18.5. The number of rotatable bonds is 4. The molecule has 7 nitrogen and oxygen atoms in total. The summed E-state index contributed by atoms with van der Waals surface area (Å²) < 4.78 is 13.2. The number of ether oxygens (including phenoxy) is 2. The first-order valence-electron chi connectivity index (χ1n) is 8.22. The van der Waals surface area contributed by atoms with Gasteiger partial charge in [-0.1, -0.05) is 24.3 Å². The SMILES string of the molecule is Cc1nc2c(O[C@@H]3c4ccccc4C[C@H]3OC(N)=O)cccn2c1C=O. The van der Waals surface area contributed by atoms with Crippen LogP contribution in [0.3, 0.4) is 0 Å². The van der Waals surface area contributed by atoms with Gasteiger partial charge in [0.25, 0.3) is 0 Å². The summed E-state index contributed by atoms with van der Waals surface area (Å²) in [6.07, 6.45) is 1.19. The van der Waals surface area contributed by atoms with Crippen LogP contribution in [0.15, 0.2) is 42.6 Å². The standard InChI is InChI=1S/C19H17N3O4/c1-11-14(10-23)22-8-4-7-15(18(22)21-11)25-17-13-6-3-2-5-12(13)9-16(17)26-19(20)24/h2-8,10,16-17H,9H2,1H3,(H2,20,24)/t16-,17-/m1/s1. The summed E-state index contributed by atoms with van der Waals surface area (Å²) in [5, 5.41) is 0. The fraction of sp³-hybridized carbons (Fsp3) is 0.211. The van der Waals surface area contributed by atoms with Crippen LogP contribution in [-0.2, 0) is 11.2 Å². The number of pyridine rings is 1. The lowest BCUT2D eigenvalue weighted by Crippen LogP contribution is -2.29. The van der Waals surface area contributed by atoms with Crippen molar-refractivity contribution in [3.05, 3.63) is 65.1 Å². The maximum absolute atomic E-state index is 11.3. The van der Waals surface area contributed by atoms with Gasteiger partial charge in [0.1, 0.15) is 11.8 Å². The molecule has 0 bridgehead atoms. The Morgan fingerprint density at radius 2 is 2.12 bits per heavy atom. The molecule has 132 valence electrons. The number of nitrogens with zero attached hydrogens (tertiary/aromatic N) is 2. The van der Waals surface area contributed by atoms with Gasteiger partial charge in [-0.05, 0) is 30.2 Å². The van der Waals surface area contributed by atoms with Gasteiger partial charge in [0.05, 0.1) is 5.69 Å². The molecule has 4 rings (SSSR count). The highest BCUT2D eigenvalue weighted by atomic mass is 16.6. The Labute approximate surface area is 149 Å². The van der Waals surface area contributed by atoms with Crippen molar-refractivity contribution < 1.29 is 19.1 Å². The molecule has 0 aliphatic heterocycles. The largest absolute Gasteiger partial charge is 0.478 e. The number of hydrogen-bond acceptors (Lipinski definition) is 5. The molecule has 0 saturated heterocycles. The highest BCUT2D eigenvalue weighted by Crippen LogP contribution is 2.38. The predicted molar refractivity (Wildman–Crippen MR) is 93.3 cm³/mol. The van der Waals surface area contributed by atoms with Crippen molar-refractivity contribution in [2.75, 3.05) is 0 Å². The first-order valence-corrected chi connectivity index (χ1v) is 8.22. The van der Waals surface area contributed by atoms with Gasteiger partial charge >= 0.3 is 6.09 Å². The fourth-order valence-corrected chi connectivity index (χ4v) is 3.46. The van der Waals surface area contributed by atoms with Crippen molar-refractivity contribution in [3.8, 4) is 5.75 Å². The summed E-state index contributed by atoms with van der Waals surface area (Å²) in [6, 6.07) is 11.3. The zero-order valence-electron chi connectivity index (χ0n) is 14.1. The third-order valence-corrected chi connectivity index (χ3v) is 4.59. The molecule has 1 aliphatic rings. The number of hydrogen-bond donors (Lipinski definition) is 1. The molecule has 0 fully saturated rings. The van der Waals surface area contributed by atoms with Crippen molar-refractivity contribution in [1.29, 1.82) is 0 Å². The van der Waals surface area contributed by atoms with Crippen LogP contribution in [-0.4, -0.2) is 27.9 Å². The summed E-state index contributed by atoms with van der Waals surface area (Å²) in [7, 11) is 0. The quantitative estimate of drug-likeness (QED) is 0.729. The second-order valence-electron chi connectivity index (χ2n) is 6.18. The Morgan fingerprint density at radius 1 is 1.31 bits per heavy atom. The molecule has 1 aliphatic carbocycles. The second kappa shape index (κ2) is 6.18. The Bertz CT molecular complexity index is 1010. The Hall–Kier alpha value is -3.35. The van der Waals surface area contributed by atoms with Crippen molar-refractivity contribution >= 4 is 18.0 Å². The molecule has 2 atom stereocenters. The van der Waals surface area contributed by atoms with Gasteiger partial charge in [0, 0.05) is 12.6 Å². The minimum atomic E-state index is -0.838. The van der Waals surface area contributed by atoms with Gasteiger partial charge in [-0.2, -0.15) is 0 Å². The summed E-state index contributed by atoms with van der Waals surface area (Å²) in [6.45, 7) is 1.77. The number of aromatic nitrogens is 2. The van der Waals surface area contributed by atoms with Crippen LogP contribution < -0.4 is 10.5 Å². The fourth-order valence-electron chi connectivity index (χ4n) is 3.46. The highest BCUT2D eigenvalue weighted by molar-refractivity contribution is 5.77. The summed E-state index contributed by atoms with van der Waals surface area (Å²) >= 11 is 0. The molecule has 2 heterocycles.